The Balaban J connectivity index is 1.32. The van der Waals surface area contributed by atoms with Gasteiger partial charge in [-0.2, -0.15) is 17.5 Å². The molecule has 0 saturated carbocycles. The highest BCUT2D eigenvalue weighted by molar-refractivity contribution is 7.90. The van der Waals surface area contributed by atoms with Gasteiger partial charge in [0.05, 0.1) is 6.26 Å². The lowest BCUT2D eigenvalue weighted by molar-refractivity contribution is -0.135. The van der Waals surface area contributed by atoms with Gasteiger partial charge in [-0.25, -0.2) is 29.9 Å². The first-order valence-corrected chi connectivity index (χ1v) is 19.3. The fourth-order valence-corrected chi connectivity index (χ4v) is 9.21. The Morgan fingerprint density at radius 2 is 1.41 bits per heavy atom. The van der Waals surface area contributed by atoms with Crippen molar-refractivity contribution in [2.24, 2.45) is 11.8 Å². The zero-order valence-corrected chi connectivity index (χ0v) is 28.0. The van der Waals surface area contributed by atoms with Gasteiger partial charge in [0, 0.05) is 64.3 Å². The number of nitrogens with zero attached hydrogens (tertiary/aromatic N) is 4. The van der Waals surface area contributed by atoms with Gasteiger partial charge in [-0.05, 0) is 93.9 Å². The van der Waals surface area contributed by atoms with Crippen LogP contribution in [0.25, 0.3) is 0 Å². The maximum atomic E-state index is 14.2. The number of alkyl halides is 3. The number of carbonyl (C=O) groups excluding carboxylic acids is 1. The molecule has 1 atom stereocenters. The number of sulfonamides is 2. The van der Waals surface area contributed by atoms with Crippen LogP contribution >= 0.6 is 0 Å². The van der Waals surface area contributed by atoms with E-state index in [1.807, 2.05) is 11.8 Å². The predicted octanol–water partition coefficient (Wildman–Crippen LogP) is 4.37. The lowest BCUT2D eigenvalue weighted by Gasteiger charge is -2.40. The molecule has 262 valence electrons. The molecular formula is C30H45F5N4O5S2. The fraction of sp³-hybridized carbons (Fsp3) is 0.767. The van der Waals surface area contributed by atoms with Crippen LogP contribution in [0.1, 0.15) is 69.8 Å². The van der Waals surface area contributed by atoms with E-state index in [2.05, 4.69) is 4.90 Å². The van der Waals surface area contributed by atoms with E-state index in [0.717, 1.165) is 18.9 Å². The van der Waals surface area contributed by atoms with Crippen molar-refractivity contribution in [3.63, 3.8) is 0 Å². The summed E-state index contributed by atoms with van der Waals surface area (Å²) >= 11 is 0. The Bertz CT molecular complexity index is 1380. The highest BCUT2D eigenvalue weighted by atomic mass is 32.2. The molecular weight excluding hydrogens is 655 g/mol. The molecule has 9 nitrogen and oxygen atoms in total. The molecule has 46 heavy (non-hydrogen) atoms. The van der Waals surface area contributed by atoms with E-state index in [-0.39, 0.29) is 55.6 Å². The number of piperidine rings is 3. The number of amides is 1. The molecule has 16 heteroatoms. The highest BCUT2D eigenvalue weighted by Crippen LogP contribution is 2.39. The largest absolute Gasteiger partial charge is 0.511 e. The van der Waals surface area contributed by atoms with Crippen molar-refractivity contribution in [2.75, 3.05) is 58.6 Å². The molecule has 0 aromatic heterocycles. The van der Waals surface area contributed by atoms with Crippen molar-refractivity contribution in [3.05, 3.63) is 35.4 Å². The van der Waals surface area contributed by atoms with E-state index in [0.29, 0.717) is 74.8 Å². The van der Waals surface area contributed by atoms with Crippen LogP contribution in [0, 0.1) is 23.5 Å². The van der Waals surface area contributed by atoms with E-state index >= 15 is 0 Å². The molecule has 0 unspecified atom stereocenters. The first-order valence-electron chi connectivity index (χ1n) is 16.0. The zero-order chi connectivity index (χ0) is 33.9. The third kappa shape index (κ3) is 9.17. The summed E-state index contributed by atoms with van der Waals surface area (Å²) in [7, 11) is -8.67. The number of hydrogen-bond acceptors (Lipinski definition) is 6. The van der Waals surface area contributed by atoms with Crippen molar-refractivity contribution in [2.45, 2.75) is 75.8 Å². The van der Waals surface area contributed by atoms with Crippen molar-refractivity contribution >= 4 is 26.0 Å². The monoisotopic (exact) mass is 700 g/mol. The Labute approximate surface area is 269 Å². The fourth-order valence-electron chi connectivity index (χ4n) is 7.35. The lowest BCUT2D eigenvalue weighted by Crippen LogP contribution is -2.48. The van der Waals surface area contributed by atoms with Crippen molar-refractivity contribution in [1.82, 2.24) is 18.4 Å². The van der Waals surface area contributed by atoms with Gasteiger partial charge in [0.2, 0.25) is 15.9 Å². The summed E-state index contributed by atoms with van der Waals surface area (Å²) in [6, 6.07) is 3.32. The Hall–Kier alpha value is -1.88. The van der Waals surface area contributed by atoms with Crippen LogP contribution in [-0.4, -0.2) is 111 Å². The minimum absolute atomic E-state index is 0.0675. The number of halogens is 5. The summed E-state index contributed by atoms with van der Waals surface area (Å²) in [6.45, 7) is 4.73. The van der Waals surface area contributed by atoms with E-state index < -0.39 is 37.2 Å². The minimum atomic E-state index is -5.44. The molecule has 1 aromatic rings. The average Bonchev–Trinajstić information content (AvgIpc) is 2.97. The quantitative estimate of drug-likeness (QED) is 0.318. The van der Waals surface area contributed by atoms with Crippen LogP contribution in [0.5, 0.6) is 0 Å². The zero-order valence-electron chi connectivity index (χ0n) is 26.4. The number of benzene rings is 1. The van der Waals surface area contributed by atoms with Crippen molar-refractivity contribution in [3.8, 4) is 0 Å². The minimum Gasteiger partial charge on any atom is -0.340 e. The van der Waals surface area contributed by atoms with Gasteiger partial charge in [0.1, 0.15) is 11.6 Å². The van der Waals surface area contributed by atoms with Crippen molar-refractivity contribution < 1.29 is 43.6 Å². The number of carbonyl (C=O) groups is 1. The molecule has 3 saturated heterocycles. The molecule has 0 aliphatic carbocycles. The number of hydrogen-bond donors (Lipinski definition) is 0. The van der Waals surface area contributed by atoms with Crippen molar-refractivity contribution in [1.29, 1.82) is 0 Å². The smallest absolute Gasteiger partial charge is 0.340 e. The molecule has 3 aliphatic rings. The maximum absolute atomic E-state index is 14.2. The summed E-state index contributed by atoms with van der Waals surface area (Å²) in [6.07, 6.45) is 5.17. The average molecular weight is 701 g/mol. The normalized spacial score (nSPS) is 21.8. The van der Waals surface area contributed by atoms with E-state index in [9.17, 15) is 43.6 Å². The molecule has 0 bridgehead atoms. The van der Waals surface area contributed by atoms with Crippen LogP contribution in [0.2, 0.25) is 0 Å². The molecule has 3 fully saturated rings. The SMILES string of the molecule is CCN(C(=O)CC1CCN(S(C)(=O)=O)CC1)C1CCN(CC[C@@H](c2cc(F)cc(F)c2)C2CCN(S(=O)(=O)C(F)(F)F)CC2)CC1. The lowest BCUT2D eigenvalue weighted by atomic mass is 9.78. The third-order valence-corrected chi connectivity index (χ3v) is 12.9. The van der Waals surface area contributed by atoms with E-state index in [1.54, 1.807) is 0 Å². The molecule has 0 N–H and O–H groups in total. The van der Waals surface area contributed by atoms with Crippen LogP contribution in [0.4, 0.5) is 22.0 Å². The summed E-state index contributed by atoms with van der Waals surface area (Å²) in [5, 5.41) is 0. The molecule has 3 aliphatic heterocycles. The first kappa shape index (κ1) is 36.9. The molecule has 4 rings (SSSR count). The van der Waals surface area contributed by atoms with Gasteiger partial charge in [-0.15, -0.1) is 0 Å². The van der Waals surface area contributed by atoms with Crippen LogP contribution < -0.4 is 0 Å². The standard InChI is InChI=1S/C30H45F5N4O5S2/c1-3-39(29(40)18-22-4-14-37(15-5-22)45(2,41)42)27-8-11-36(12-9-27)13-10-28(24-19-25(31)21-26(32)20-24)23-6-16-38(17-7-23)46(43,44)30(33,34)35/h19-23,27-28H,3-18H2,1-2H3/t28-/m1/s1. The van der Waals surface area contributed by atoms with Gasteiger partial charge in [-0.3, -0.25) is 4.79 Å². The number of rotatable bonds is 11. The summed E-state index contributed by atoms with van der Waals surface area (Å²) in [4.78, 5) is 17.4. The number of likely N-dealkylation sites (tertiary alicyclic amines) is 1. The summed E-state index contributed by atoms with van der Waals surface area (Å²) in [5.41, 5.74) is -4.97. The van der Waals surface area contributed by atoms with E-state index in [4.69, 9.17) is 0 Å². The third-order valence-electron chi connectivity index (χ3n) is 9.93. The van der Waals surface area contributed by atoms with Gasteiger partial charge in [-0.1, -0.05) is 0 Å². The van der Waals surface area contributed by atoms with Gasteiger partial charge in [0.15, 0.2) is 0 Å². The van der Waals surface area contributed by atoms with Crippen LogP contribution in [0.3, 0.4) is 0 Å². The highest BCUT2D eigenvalue weighted by Gasteiger charge is 2.50. The second-order valence-electron chi connectivity index (χ2n) is 12.8. The van der Waals surface area contributed by atoms with E-state index in [1.165, 1.54) is 22.7 Å². The topological polar surface area (TPSA) is 98.3 Å². The summed E-state index contributed by atoms with van der Waals surface area (Å²) in [5.74, 6) is -1.90. The second-order valence-corrected chi connectivity index (χ2v) is 16.8. The molecule has 1 amide bonds. The maximum Gasteiger partial charge on any atom is 0.511 e. The second kappa shape index (κ2) is 15.1. The van der Waals surface area contributed by atoms with Gasteiger partial charge in [0.25, 0.3) is 0 Å². The van der Waals surface area contributed by atoms with Crippen LogP contribution in [0.15, 0.2) is 18.2 Å². The molecule has 0 radical (unpaired) electrons. The Morgan fingerprint density at radius 1 is 0.870 bits per heavy atom. The molecule has 3 heterocycles. The summed E-state index contributed by atoms with van der Waals surface area (Å²) < 4.78 is 117. The Morgan fingerprint density at radius 3 is 1.91 bits per heavy atom. The molecule has 0 spiro atoms. The first-order chi connectivity index (χ1) is 21.5. The predicted molar refractivity (Wildman–Crippen MR) is 164 cm³/mol. The molecule has 1 aromatic carbocycles. The van der Waals surface area contributed by atoms with Gasteiger partial charge >= 0.3 is 15.5 Å². The Kier molecular flexibility index (Phi) is 12.1. The van der Waals surface area contributed by atoms with Crippen LogP contribution in [-0.2, 0) is 24.8 Å². The van der Waals surface area contributed by atoms with Gasteiger partial charge < -0.3 is 9.80 Å².